The quantitative estimate of drug-likeness (QED) is 0.162. The molecule has 5 aromatic carbocycles. The maximum atomic E-state index is 15.1. The number of rotatable bonds is 6. The molecule has 0 aromatic heterocycles. The molecule has 7 heteroatoms. The van der Waals surface area contributed by atoms with Crippen LogP contribution in [0.15, 0.2) is 140 Å². The Morgan fingerprint density at radius 1 is 0.766 bits per heavy atom. The zero-order valence-electron chi connectivity index (χ0n) is 25.1. The monoisotopic (exact) mass is 620 g/mol. The molecule has 5 aromatic rings. The minimum absolute atomic E-state index is 0.228. The molecule has 3 aliphatic rings. The van der Waals surface area contributed by atoms with E-state index in [9.17, 15) is 14.0 Å². The highest BCUT2D eigenvalue weighted by Crippen LogP contribution is 2.58. The van der Waals surface area contributed by atoms with Gasteiger partial charge in [0.2, 0.25) is 5.91 Å². The van der Waals surface area contributed by atoms with E-state index in [4.69, 9.17) is 4.74 Å². The lowest BCUT2D eigenvalue weighted by Crippen LogP contribution is -2.51. The summed E-state index contributed by atoms with van der Waals surface area (Å²) >= 11 is 0. The Hall–Kier alpha value is -5.82. The molecule has 3 aliphatic heterocycles. The fourth-order valence-electron chi connectivity index (χ4n) is 7.64. The van der Waals surface area contributed by atoms with Gasteiger partial charge in [0.1, 0.15) is 23.2 Å². The third-order valence-electron chi connectivity index (χ3n) is 9.63. The number of nitrogens with one attached hydrogen (secondary N) is 1. The van der Waals surface area contributed by atoms with Gasteiger partial charge in [0, 0.05) is 16.9 Å². The highest BCUT2D eigenvalue weighted by molar-refractivity contribution is 6.15. The molecule has 8 rings (SSSR count). The van der Waals surface area contributed by atoms with Gasteiger partial charge in [-0.1, -0.05) is 109 Å². The van der Waals surface area contributed by atoms with Gasteiger partial charge in [0.15, 0.2) is 11.9 Å². The first-order valence-electron chi connectivity index (χ1n) is 15.5. The normalized spacial score (nSPS) is 22.0. The molecule has 0 radical (unpaired) electrons. The maximum Gasteiger partial charge on any atom is 0.314 e. The number of anilines is 2. The number of amides is 1. The van der Waals surface area contributed by atoms with E-state index in [0.29, 0.717) is 11.3 Å². The number of nitrogens with zero attached hydrogens (tertiary/aromatic N) is 1. The smallest absolute Gasteiger partial charge is 0.314 e. The molecule has 1 amide bonds. The van der Waals surface area contributed by atoms with E-state index in [0.717, 1.165) is 22.4 Å². The second-order valence-electron chi connectivity index (χ2n) is 12.1. The fourth-order valence-corrected chi connectivity index (χ4v) is 7.64. The molecule has 47 heavy (non-hydrogen) atoms. The van der Waals surface area contributed by atoms with Crippen LogP contribution in [0.25, 0.3) is 6.08 Å². The summed E-state index contributed by atoms with van der Waals surface area (Å²) in [6.45, 7) is 0. The van der Waals surface area contributed by atoms with Crippen molar-refractivity contribution in [2.24, 2.45) is 5.92 Å². The summed E-state index contributed by atoms with van der Waals surface area (Å²) in [4.78, 5) is 46.4. The van der Waals surface area contributed by atoms with Crippen molar-refractivity contribution in [3.63, 3.8) is 0 Å². The molecule has 1 N–H and O–H groups in total. The standard InChI is InChI=1S/C40H29FN2O4/c41-29-22-19-26(20-23-29)36(44)35-34(38(45)47-37(27-12-3-1-4-13-27)28-14-5-2-6-15-28)40(30-16-8-9-17-31(30)42-39(40)46)33-24-21-25-11-7-10-18-32(25)43(33)35/h1-24,33-35,37H,(H,42,46)/t33-,34+,35-,40+/m0/s1. The van der Waals surface area contributed by atoms with Crippen molar-refractivity contribution in [1.29, 1.82) is 0 Å². The lowest BCUT2D eigenvalue weighted by molar-refractivity contribution is -0.156. The summed E-state index contributed by atoms with van der Waals surface area (Å²) in [6, 6.07) is 37.2. The number of para-hydroxylation sites is 2. The maximum absolute atomic E-state index is 15.1. The number of carbonyl (C=O) groups excluding carboxylic acids is 3. The fraction of sp³-hybridized carbons (Fsp3) is 0.125. The van der Waals surface area contributed by atoms with Crippen molar-refractivity contribution in [1.82, 2.24) is 0 Å². The molecule has 1 spiro atoms. The van der Waals surface area contributed by atoms with Gasteiger partial charge in [0.05, 0.1) is 6.04 Å². The van der Waals surface area contributed by atoms with Crippen molar-refractivity contribution >= 4 is 35.1 Å². The third kappa shape index (κ3) is 4.41. The number of hydrogen-bond donors (Lipinski definition) is 1. The molecular formula is C40H29FN2O4. The second kappa shape index (κ2) is 11.2. The summed E-state index contributed by atoms with van der Waals surface area (Å²) in [5.41, 5.74) is 2.98. The second-order valence-corrected chi connectivity index (χ2v) is 12.1. The molecule has 0 unspecified atom stereocenters. The lowest BCUT2D eigenvalue weighted by Gasteiger charge is -2.37. The van der Waals surface area contributed by atoms with Crippen LogP contribution in [-0.4, -0.2) is 29.7 Å². The zero-order chi connectivity index (χ0) is 32.1. The van der Waals surface area contributed by atoms with Crippen LogP contribution in [0.3, 0.4) is 0 Å². The van der Waals surface area contributed by atoms with Crippen LogP contribution in [0.5, 0.6) is 0 Å². The number of hydrogen-bond acceptors (Lipinski definition) is 5. The van der Waals surface area contributed by atoms with Gasteiger partial charge in [-0.15, -0.1) is 0 Å². The molecular weight excluding hydrogens is 591 g/mol. The first-order valence-corrected chi connectivity index (χ1v) is 15.5. The first-order chi connectivity index (χ1) is 23.0. The predicted octanol–water partition coefficient (Wildman–Crippen LogP) is 7.13. The van der Waals surface area contributed by atoms with E-state index in [2.05, 4.69) is 5.32 Å². The van der Waals surface area contributed by atoms with Crippen molar-refractivity contribution < 1.29 is 23.5 Å². The molecule has 0 saturated carbocycles. The van der Waals surface area contributed by atoms with E-state index in [-0.39, 0.29) is 11.5 Å². The number of Topliss-reactive ketones (excluding diaryl/α,β-unsaturated/α-hetero) is 1. The molecule has 1 fully saturated rings. The lowest BCUT2D eigenvalue weighted by atomic mass is 9.66. The highest BCUT2D eigenvalue weighted by Gasteiger charge is 2.71. The third-order valence-corrected chi connectivity index (χ3v) is 9.63. The number of benzene rings is 5. The molecule has 0 bridgehead atoms. The number of ketones is 1. The number of carbonyl (C=O) groups is 3. The van der Waals surface area contributed by atoms with Crippen molar-refractivity contribution in [3.8, 4) is 0 Å². The van der Waals surface area contributed by atoms with Gasteiger partial charge in [-0.25, -0.2) is 4.39 Å². The van der Waals surface area contributed by atoms with Crippen molar-refractivity contribution in [2.75, 3.05) is 10.2 Å². The Labute approximate surface area is 271 Å². The van der Waals surface area contributed by atoms with E-state index >= 15 is 4.79 Å². The largest absolute Gasteiger partial charge is 0.452 e. The Morgan fingerprint density at radius 2 is 1.38 bits per heavy atom. The van der Waals surface area contributed by atoms with Crippen molar-refractivity contribution in [3.05, 3.63) is 173 Å². The minimum Gasteiger partial charge on any atom is -0.452 e. The van der Waals surface area contributed by atoms with E-state index in [1.807, 2.05) is 120 Å². The van der Waals surface area contributed by atoms with Crippen LogP contribution < -0.4 is 10.2 Å². The Balaban J connectivity index is 1.36. The van der Waals surface area contributed by atoms with Crippen LogP contribution in [0.4, 0.5) is 15.8 Å². The molecule has 1 saturated heterocycles. The zero-order valence-corrected chi connectivity index (χ0v) is 25.1. The summed E-state index contributed by atoms with van der Waals surface area (Å²) in [6.07, 6.45) is 3.05. The van der Waals surface area contributed by atoms with Crippen LogP contribution in [0, 0.1) is 11.7 Å². The van der Waals surface area contributed by atoms with Gasteiger partial charge in [0.25, 0.3) is 0 Å². The Kier molecular flexibility index (Phi) is 6.83. The van der Waals surface area contributed by atoms with Gasteiger partial charge in [-0.2, -0.15) is 0 Å². The number of fused-ring (bicyclic) bond motifs is 6. The summed E-state index contributed by atoms with van der Waals surface area (Å²) < 4.78 is 20.6. The SMILES string of the molecule is O=C(c1ccc(F)cc1)[C@@H]1[C@H](C(=O)OC(c2ccccc2)c2ccccc2)[C@]2(C(=O)Nc3ccccc32)[C@@H]2C=Cc3ccccc3N12. The Bertz CT molecular complexity index is 2010. The number of esters is 1. The minimum atomic E-state index is -1.52. The Morgan fingerprint density at radius 3 is 2.09 bits per heavy atom. The summed E-state index contributed by atoms with van der Waals surface area (Å²) in [7, 11) is 0. The van der Waals surface area contributed by atoms with Crippen molar-refractivity contribution in [2.45, 2.75) is 23.6 Å². The van der Waals surface area contributed by atoms with Gasteiger partial charge in [-0.3, -0.25) is 14.4 Å². The molecule has 4 atom stereocenters. The van der Waals surface area contributed by atoms with E-state index < -0.39 is 47.1 Å². The van der Waals surface area contributed by atoms with Crippen LogP contribution in [0.2, 0.25) is 0 Å². The van der Waals surface area contributed by atoms with Gasteiger partial charge >= 0.3 is 5.97 Å². The van der Waals surface area contributed by atoms with Gasteiger partial charge < -0.3 is 15.0 Å². The van der Waals surface area contributed by atoms with Crippen LogP contribution in [-0.2, 0) is 19.7 Å². The molecule has 230 valence electrons. The average molecular weight is 621 g/mol. The number of ether oxygens (including phenoxy) is 1. The van der Waals surface area contributed by atoms with Gasteiger partial charge in [-0.05, 0) is 58.7 Å². The summed E-state index contributed by atoms with van der Waals surface area (Å²) in [5.74, 6) is -3.24. The highest BCUT2D eigenvalue weighted by atomic mass is 19.1. The average Bonchev–Trinajstić information content (AvgIpc) is 3.60. The van der Waals surface area contributed by atoms with Crippen LogP contribution in [0.1, 0.15) is 38.7 Å². The topological polar surface area (TPSA) is 75.7 Å². The molecule has 6 nitrogen and oxygen atoms in total. The number of halogens is 1. The van der Waals surface area contributed by atoms with E-state index in [1.165, 1.54) is 24.3 Å². The summed E-state index contributed by atoms with van der Waals surface area (Å²) in [5, 5.41) is 3.03. The van der Waals surface area contributed by atoms with Crippen LogP contribution >= 0.6 is 0 Å². The van der Waals surface area contributed by atoms with E-state index in [1.54, 1.807) is 6.07 Å². The molecule has 0 aliphatic carbocycles. The predicted molar refractivity (Wildman–Crippen MR) is 177 cm³/mol. The molecule has 3 heterocycles. The first kappa shape index (κ1) is 28.6.